The van der Waals surface area contributed by atoms with Gasteiger partial charge in [-0.25, -0.2) is 0 Å². The molecule has 1 rings (SSSR count). The average Bonchev–Trinajstić information content (AvgIpc) is 2.28. The molecule has 0 aliphatic rings. The van der Waals surface area contributed by atoms with Crippen LogP contribution in [0.5, 0.6) is 5.75 Å². The molecule has 3 N–H and O–H groups in total. The maximum absolute atomic E-state index is 9.46. The lowest BCUT2D eigenvalue weighted by Gasteiger charge is -2.28. The summed E-state index contributed by atoms with van der Waals surface area (Å²) in [4.78, 5) is 0. The number of aliphatic hydroxyl groups is 1. The Balaban J connectivity index is 3.11. The summed E-state index contributed by atoms with van der Waals surface area (Å²) < 4.78 is 5.73. The maximum Gasteiger partial charge on any atom is 0.123 e. The number of rotatable bonds is 5. The Morgan fingerprint density at radius 2 is 2.00 bits per heavy atom. The third kappa shape index (κ3) is 2.74. The smallest absolute Gasteiger partial charge is 0.123 e. The van der Waals surface area contributed by atoms with E-state index in [1.54, 1.807) is 0 Å². The molecule has 0 bridgehead atoms. The topological polar surface area (TPSA) is 55.5 Å². The molecule has 0 aliphatic heterocycles. The highest BCUT2D eigenvalue weighted by Crippen LogP contribution is 2.31. The van der Waals surface area contributed by atoms with Crippen molar-refractivity contribution in [3.63, 3.8) is 0 Å². The van der Waals surface area contributed by atoms with E-state index in [9.17, 15) is 5.11 Å². The average molecular weight is 223 g/mol. The predicted octanol–water partition coefficient (Wildman–Crippen LogP) is 1.68. The highest BCUT2D eigenvalue weighted by atomic mass is 16.5. The molecule has 1 aromatic carbocycles. The molecule has 3 heteroatoms. The first kappa shape index (κ1) is 13.0. The molecular formula is C13H21NO2. The third-order valence-corrected chi connectivity index (χ3v) is 2.70. The second-order valence-electron chi connectivity index (χ2n) is 4.59. The van der Waals surface area contributed by atoms with E-state index in [-0.39, 0.29) is 12.7 Å². The maximum atomic E-state index is 9.46. The number of hydrogen-bond acceptors (Lipinski definition) is 3. The van der Waals surface area contributed by atoms with Gasteiger partial charge in [0.05, 0.1) is 12.7 Å². The Bertz CT molecular complexity index is 332. The van der Waals surface area contributed by atoms with Crippen LogP contribution in [0.2, 0.25) is 0 Å². The molecule has 0 radical (unpaired) electrons. The van der Waals surface area contributed by atoms with Gasteiger partial charge in [-0.2, -0.15) is 0 Å². The van der Waals surface area contributed by atoms with Gasteiger partial charge in [0.2, 0.25) is 0 Å². The van der Waals surface area contributed by atoms with Gasteiger partial charge in [0.1, 0.15) is 5.75 Å². The van der Waals surface area contributed by atoms with Crippen LogP contribution in [0.1, 0.15) is 26.3 Å². The molecule has 90 valence electrons. The molecule has 0 aliphatic carbocycles. The third-order valence-electron chi connectivity index (χ3n) is 2.70. The van der Waals surface area contributed by atoms with Crippen molar-refractivity contribution >= 4 is 0 Å². The molecule has 3 nitrogen and oxygen atoms in total. The first-order valence-electron chi connectivity index (χ1n) is 5.60. The summed E-state index contributed by atoms with van der Waals surface area (Å²) in [6.45, 7) is 6.31. The molecule has 16 heavy (non-hydrogen) atoms. The number of para-hydroxylation sites is 1. The van der Waals surface area contributed by atoms with Crippen molar-refractivity contribution in [1.82, 2.24) is 0 Å². The standard InChI is InChI=1S/C13H21NO2/c1-10(2)16-12-7-5-4-6-11(12)13(3,8-14)9-15/h4-7,10,15H,8-9,14H2,1-3H3. The van der Waals surface area contributed by atoms with Crippen LogP contribution in [0.15, 0.2) is 24.3 Å². The number of hydrogen-bond donors (Lipinski definition) is 2. The van der Waals surface area contributed by atoms with Crippen molar-refractivity contribution in [3.05, 3.63) is 29.8 Å². The Hall–Kier alpha value is -1.06. The normalized spacial score (nSPS) is 14.9. The first-order valence-corrected chi connectivity index (χ1v) is 5.60. The number of nitrogens with two attached hydrogens (primary N) is 1. The minimum atomic E-state index is -0.439. The summed E-state index contributed by atoms with van der Waals surface area (Å²) in [5, 5.41) is 9.46. The van der Waals surface area contributed by atoms with Crippen LogP contribution in [0.4, 0.5) is 0 Å². The van der Waals surface area contributed by atoms with E-state index < -0.39 is 5.41 Å². The van der Waals surface area contributed by atoms with E-state index in [2.05, 4.69) is 0 Å². The molecular weight excluding hydrogens is 202 g/mol. The SMILES string of the molecule is CC(C)Oc1ccccc1C(C)(CN)CO. The van der Waals surface area contributed by atoms with Crippen molar-refractivity contribution < 1.29 is 9.84 Å². The van der Waals surface area contributed by atoms with E-state index in [4.69, 9.17) is 10.5 Å². The van der Waals surface area contributed by atoms with Gasteiger partial charge in [0.25, 0.3) is 0 Å². The fraction of sp³-hybridized carbons (Fsp3) is 0.538. The first-order chi connectivity index (χ1) is 7.53. The van der Waals surface area contributed by atoms with Crippen molar-refractivity contribution in [3.8, 4) is 5.75 Å². The van der Waals surface area contributed by atoms with Gasteiger partial charge in [-0.05, 0) is 19.9 Å². The minimum Gasteiger partial charge on any atom is -0.491 e. The van der Waals surface area contributed by atoms with Crippen LogP contribution in [-0.2, 0) is 5.41 Å². The van der Waals surface area contributed by atoms with E-state index in [1.807, 2.05) is 45.0 Å². The van der Waals surface area contributed by atoms with Crippen LogP contribution in [0.25, 0.3) is 0 Å². The van der Waals surface area contributed by atoms with Crippen molar-refractivity contribution in [2.45, 2.75) is 32.3 Å². The van der Waals surface area contributed by atoms with Gasteiger partial charge in [-0.1, -0.05) is 25.1 Å². The molecule has 0 spiro atoms. The van der Waals surface area contributed by atoms with Gasteiger partial charge in [0.15, 0.2) is 0 Å². The second-order valence-corrected chi connectivity index (χ2v) is 4.59. The lowest BCUT2D eigenvalue weighted by molar-refractivity contribution is 0.195. The van der Waals surface area contributed by atoms with Crippen molar-refractivity contribution in [2.24, 2.45) is 5.73 Å². The number of benzene rings is 1. The van der Waals surface area contributed by atoms with Crippen LogP contribution >= 0.6 is 0 Å². The molecule has 0 heterocycles. The van der Waals surface area contributed by atoms with Crippen molar-refractivity contribution in [1.29, 1.82) is 0 Å². The largest absolute Gasteiger partial charge is 0.491 e. The zero-order valence-corrected chi connectivity index (χ0v) is 10.2. The predicted molar refractivity (Wildman–Crippen MR) is 65.7 cm³/mol. The van der Waals surface area contributed by atoms with E-state index in [0.29, 0.717) is 6.54 Å². The molecule has 0 saturated heterocycles. The van der Waals surface area contributed by atoms with E-state index in [1.165, 1.54) is 0 Å². The van der Waals surface area contributed by atoms with Gasteiger partial charge < -0.3 is 15.6 Å². The quantitative estimate of drug-likeness (QED) is 0.798. The Morgan fingerprint density at radius 3 is 2.50 bits per heavy atom. The monoisotopic (exact) mass is 223 g/mol. The van der Waals surface area contributed by atoms with Crippen LogP contribution < -0.4 is 10.5 Å². The minimum absolute atomic E-state index is 0.0158. The van der Waals surface area contributed by atoms with Gasteiger partial charge in [-0.15, -0.1) is 0 Å². The summed E-state index contributed by atoms with van der Waals surface area (Å²) >= 11 is 0. The zero-order valence-electron chi connectivity index (χ0n) is 10.2. The summed E-state index contributed by atoms with van der Waals surface area (Å²) in [6, 6.07) is 7.74. The lowest BCUT2D eigenvalue weighted by atomic mass is 9.83. The molecule has 0 saturated carbocycles. The number of ether oxygens (including phenoxy) is 1. The van der Waals surface area contributed by atoms with Gasteiger partial charge in [-0.3, -0.25) is 0 Å². The summed E-state index contributed by atoms with van der Waals surface area (Å²) in [7, 11) is 0. The molecule has 0 fully saturated rings. The molecule has 0 amide bonds. The van der Waals surface area contributed by atoms with Crippen LogP contribution in [0, 0.1) is 0 Å². The highest BCUT2D eigenvalue weighted by molar-refractivity contribution is 5.39. The molecule has 1 atom stereocenters. The zero-order chi connectivity index (χ0) is 12.2. The molecule has 1 aromatic rings. The highest BCUT2D eigenvalue weighted by Gasteiger charge is 2.27. The fourth-order valence-electron chi connectivity index (χ4n) is 1.58. The Morgan fingerprint density at radius 1 is 1.38 bits per heavy atom. The lowest BCUT2D eigenvalue weighted by Crippen LogP contribution is -2.36. The van der Waals surface area contributed by atoms with Gasteiger partial charge >= 0.3 is 0 Å². The van der Waals surface area contributed by atoms with Crippen LogP contribution in [0.3, 0.4) is 0 Å². The van der Waals surface area contributed by atoms with E-state index >= 15 is 0 Å². The number of aliphatic hydroxyl groups excluding tert-OH is 1. The molecule has 0 aromatic heterocycles. The fourth-order valence-corrected chi connectivity index (χ4v) is 1.58. The second kappa shape index (κ2) is 5.32. The Kier molecular flexibility index (Phi) is 4.33. The van der Waals surface area contributed by atoms with Crippen molar-refractivity contribution in [2.75, 3.05) is 13.2 Å². The summed E-state index contributed by atoms with van der Waals surface area (Å²) in [5.74, 6) is 0.805. The Labute approximate surface area is 97.2 Å². The molecule has 1 unspecified atom stereocenters. The van der Waals surface area contributed by atoms with Gasteiger partial charge in [0, 0.05) is 17.5 Å². The summed E-state index contributed by atoms with van der Waals surface area (Å²) in [6.07, 6.45) is 0.113. The van der Waals surface area contributed by atoms with Crippen LogP contribution in [-0.4, -0.2) is 24.4 Å². The summed E-state index contributed by atoms with van der Waals surface area (Å²) in [5.41, 5.74) is 6.26. The van der Waals surface area contributed by atoms with E-state index in [0.717, 1.165) is 11.3 Å².